The van der Waals surface area contributed by atoms with Gasteiger partial charge < -0.3 is 9.80 Å². The molecule has 6 heteroatoms. The summed E-state index contributed by atoms with van der Waals surface area (Å²) in [6, 6.07) is 16.2. The number of benzene rings is 1. The molecule has 1 aliphatic heterocycles. The smallest absolute Gasteiger partial charge is 0.236 e. The minimum Gasteiger partial charge on any atom is -0.353 e. The van der Waals surface area contributed by atoms with Crippen LogP contribution in [0.3, 0.4) is 0 Å². The highest BCUT2D eigenvalue weighted by atomic mass is 16.2. The maximum absolute atomic E-state index is 12.7. The maximum atomic E-state index is 12.7. The van der Waals surface area contributed by atoms with Crippen molar-refractivity contribution in [1.29, 1.82) is 0 Å². The van der Waals surface area contributed by atoms with E-state index < -0.39 is 0 Å². The lowest BCUT2D eigenvalue weighted by Crippen LogP contribution is -2.51. The average Bonchev–Trinajstić information content (AvgIpc) is 2.74. The van der Waals surface area contributed by atoms with Crippen molar-refractivity contribution >= 4 is 22.6 Å². The predicted molar refractivity (Wildman–Crippen MR) is 111 cm³/mol. The highest BCUT2D eigenvalue weighted by Crippen LogP contribution is 2.15. The molecule has 1 aliphatic rings. The lowest BCUT2D eigenvalue weighted by molar-refractivity contribution is -0.132. The summed E-state index contributed by atoms with van der Waals surface area (Å²) in [6.45, 7) is 4.29. The molecule has 1 aromatic carbocycles. The fourth-order valence-electron chi connectivity index (χ4n) is 3.65. The lowest BCUT2D eigenvalue weighted by Gasteiger charge is -2.36. The normalized spacial score (nSPS) is 14.6. The van der Waals surface area contributed by atoms with Crippen LogP contribution in [-0.2, 0) is 11.3 Å². The Morgan fingerprint density at radius 2 is 1.82 bits per heavy atom. The van der Waals surface area contributed by atoms with Gasteiger partial charge in [-0.05, 0) is 42.9 Å². The molecule has 0 atom stereocenters. The van der Waals surface area contributed by atoms with Gasteiger partial charge >= 0.3 is 0 Å². The van der Waals surface area contributed by atoms with Crippen LogP contribution < -0.4 is 4.90 Å². The number of hydrogen-bond acceptors (Lipinski definition) is 5. The summed E-state index contributed by atoms with van der Waals surface area (Å²) in [5.74, 6) is 1.17. The molecular formula is C22H25N5O. The Labute approximate surface area is 165 Å². The molecule has 0 saturated carbocycles. The average molecular weight is 375 g/mol. The van der Waals surface area contributed by atoms with Gasteiger partial charge in [0.05, 0.1) is 12.1 Å². The third kappa shape index (κ3) is 4.28. The first-order chi connectivity index (χ1) is 13.7. The van der Waals surface area contributed by atoms with Crippen molar-refractivity contribution in [3.05, 3.63) is 66.5 Å². The van der Waals surface area contributed by atoms with Crippen LogP contribution in [-0.4, -0.2) is 65.4 Å². The van der Waals surface area contributed by atoms with Crippen LogP contribution in [0.4, 0.5) is 5.82 Å². The Kier molecular flexibility index (Phi) is 5.48. The number of fused-ring (bicyclic) bond motifs is 1. The van der Waals surface area contributed by atoms with Crippen molar-refractivity contribution in [2.75, 3.05) is 44.7 Å². The molecule has 1 saturated heterocycles. The zero-order valence-electron chi connectivity index (χ0n) is 16.2. The molecule has 0 bridgehead atoms. The fraction of sp³-hybridized carbons (Fsp3) is 0.318. The summed E-state index contributed by atoms with van der Waals surface area (Å²) in [5.41, 5.74) is 2.19. The molecule has 28 heavy (non-hydrogen) atoms. The Balaban J connectivity index is 1.29. The molecule has 0 N–H and O–H groups in total. The number of likely N-dealkylation sites (N-methyl/N-ethyl adjacent to an activating group) is 1. The molecule has 6 nitrogen and oxygen atoms in total. The second-order valence-electron chi connectivity index (χ2n) is 7.26. The summed E-state index contributed by atoms with van der Waals surface area (Å²) >= 11 is 0. The van der Waals surface area contributed by atoms with Gasteiger partial charge in [0.2, 0.25) is 5.91 Å². The molecule has 3 heterocycles. The number of pyridine rings is 2. The SMILES string of the molecule is CN(CC(=O)N1CCN(c2ccccn2)CC1)Cc1ccc2ncccc2c1. The van der Waals surface area contributed by atoms with Crippen LogP contribution in [0.2, 0.25) is 0 Å². The molecule has 144 valence electrons. The number of carbonyl (C=O) groups is 1. The lowest BCUT2D eigenvalue weighted by atomic mass is 10.1. The van der Waals surface area contributed by atoms with Crippen molar-refractivity contribution in [2.45, 2.75) is 6.54 Å². The second kappa shape index (κ2) is 8.35. The number of carbonyl (C=O) groups excluding carboxylic acids is 1. The van der Waals surface area contributed by atoms with Crippen LogP contribution in [0.1, 0.15) is 5.56 Å². The molecule has 0 radical (unpaired) electrons. The summed E-state index contributed by atoms with van der Waals surface area (Å²) in [6.07, 6.45) is 3.62. The minimum absolute atomic E-state index is 0.186. The van der Waals surface area contributed by atoms with Gasteiger partial charge in [0, 0.05) is 50.5 Å². The quantitative estimate of drug-likeness (QED) is 0.686. The van der Waals surface area contributed by atoms with Crippen LogP contribution in [0, 0.1) is 0 Å². The van der Waals surface area contributed by atoms with E-state index in [1.54, 1.807) is 6.20 Å². The monoisotopic (exact) mass is 375 g/mol. The molecule has 0 aliphatic carbocycles. The zero-order chi connectivity index (χ0) is 19.3. The first-order valence-corrected chi connectivity index (χ1v) is 9.65. The Hall–Kier alpha value is -2.99. The van der Waals surface area contributed by atoms with Crippen molar-refractivity contribution in [1.82, 2.24) is 19.8 Å². The van der Waals surface area contributed by atoms with E-state index >= 15 is 0 Å². The number of rotatable bonds is 5. The van der Waals surface area contributed by atoms with Gasteiger partial charge in [-0.25, -0.2) is 4.98 Å². The zero-order valence-corrected chi connectivity index (χ0v) is 16.2. The highest BCUT2D eigenvalue weighted by molar-refractivity contribution is 5.79. The Bertz CT molecular complexity index is 938. The van der Waals surface area contributed by atoms with Gasteiger partial charge in [0.15, 0.2) is 0 Å². The molecule has 1 amide bonds. The first-order valence-electron chi connectivity index (χ1n) is 9.65. The fourth-order valence-corrected chi connectivity index (χ4v) is 3.65. The van der Waals surface area contributed by atoms with Gasteiger partial charge in [-0.2, -0.15) is 0 Å². The molecule has 0 spiro atoms. The number of nitrogens with zero attached hydrogens (tertiary/aromatic N) is 5. The summed E-state index contributed by atoms with van der Waals surface area (Å²) in [7, 11) is 2.00. The van der Waals surface area contributed by atoms with E-state index in [0.717, 1.165) is 49.4 Å². The van der Waals surface area contributed by atoms with Crippen molar-refractivity contribution in [2.24, 2.45) is 0 Å². The number of amides is 1. The Morgan fingerprint density at radius 1 is 1.00 bits per heavy atom. The van der Waals surface area contributed by atoms with Gasteiger partial charge in [-0.3, -0.25) is 14.7 Å². The molecule has 2 aromatic heterocycles. The predicted octanol–water partition coefficient (Wildman–Crippen LogP) is 2.41. The first kappa shape index (κ1) is 18.4. The van der Waals surface area contributed by atoms with E-state index in [1.165, 1.54) is 5.56 Å². The summed E-state index contributed by atoms with van der Waals surface area (Å²) in [5, 5.41) is 1.13. The topological polar surface area (TPSA) is 52.6 Å². The molecule has 0 unspecified atom stereocenters. The second-order valence-corrected chi connectivity index (χ2v) is 7.26. The third-order valence-corrected chi connectivity index (χ3v) is 5.13. The largest absolute Gasteiger partial charge is 0.353 e. The summed E-state index contributed by atoms with van der Waals surface area (Å²) < 4.78 is 0. The Morgan fingerprint density at radius 3 is 2.61 bits per heavy atom. The van der Waals surface area contributed by atoms with Gasteiger partial charge in [-0.15, -0.1) is 0 Å². The van der Waals surface area contributed by atoms with E-state index in [1.807, 2.05) is 48.5 Å². The van der Waals surface area contributed by atoms with E-state index in [4.69, 9.17) is 0 Å². The molecule has 4 rings (SSSR count). The number of hydrogen-bond donors (Lipinski definition) is 0. The number of piperazine rings is 1. The number of aromatic nitrogens is 2. The van der Waals surface area contributed by atoms with E-state index in [2.05, 4.69) is 38.0 Å². The van der Waals surface area contributed by atoms with Crippen LogP contribution in [0.5, 0.6) is 0 Å². The molecule has 3 aromatic rings. The van der Waals surface area contributed by atoms with E-state index in [-0.39, 0.29) is 5.91 Å². The van der Waals surface area contributed by atoms with Gasteiger partial charge in [0.1, 0.15) is 5.82 Å². The standard InChI is InChI=1S/C22H25N5O/c1-25(16-18-7-8-20-19(15-18)5-4-10-23-20)17-22(28)27-13-11-26(12-14-27)21-6-2-3-9-24-21/h2-10,15H,11-14,16-17H2,1H3. The summed E-state index contributed by atoms with van der Waals surface area (Å²) in [4.78, 5) is 27.7. The van der Waals surface area contributed by atoms with E-state index in [0.29, 0.717) is 6.54 Å². The third-order valence-electron chi connectivity index (χ3n) is 5.13. The maximum Gasteiger partial charge on any atom is 0.236 e. The van der Waals surface area contributed by atoms with Crippen LogP contribution >= 0.6 is 0 Å². The van der Waals surface area contributed by atoms with Crippen molar-refractivity contribution in [3.8, 4) is 0 Å². The molecule has 1 fully saturated rings. The van der Waals surface area contributed by atoms with Crippen molar-refractivity contribution < 1.29 is 4.79 Å². The van der Waals surface area contributed by atoms with Gasteiger partial charge in [0.25, 0.3) is 0 Å². The van der Waals surface area contributed by atoms with Crippen molar-refractivity contribution in [3.63, 3.8) is 0 Å². The molecular weight excluding hydrogens is 350 g/mol. The number of anilines is 1. The van der Waals surface area contributed by atoms with E-state index in [9.17, 15) is 4.79 Å². The highest BCUT2D eigenvalue weighted by Gasteiger charge is 2.22. The van der Waals surface area contributed by atoms with Crippen LogP contribution in [0.25, 0.3) is 10.9 Å². The van der Waals surface area contributed by atoms with Crippen LogP contribution in [0.15, 0.2) is 60.9 Å². The van der Waals surface area contributed by atoms with Gasteiger partial charge in [-0.1, -0.05) is 18.2 Å². The minimum atomic E-state index is 0.186.